The van der Waals surface area contributed by atoms with Crippen molar-refractivity contribution in [1.82, 2.24) is 0 Å². The van der Waals surface area contributed by atoms with Crippen LogP contribution in [0.15, 0.2) is 6.07 Å². The third-order valence-corrected chi connectivity index (χ3v) is 2.38. The number of rotatable bonds is 3. The van der Waals surface area contributed by atoms with Gasteiger partial charge in [-0.2, -0.15) is 4.39 Å². The number of methoxy groups -OCH3 is 1. The molecule has 1 atom stereocenters. The molecule has 1 aromatic rings. The zero-order valence-corrected chi connectivity index (χ0v) is 9.25. The Labute approximate surface area is 93.1 Å². The summed E-state index contributed by atoms with van der Waals surface area (Å²) in [5, 5.41) is 0. The lowest BCUT2D eigenvalue weighted by molar-refractivity contribution is 0.170. The molecule has 1 heterocycles. The summed E-state index contributed by atoms with van der Waals surface area (Å²) in [7, 11) is 1.42. The van der Waals surface area contributed by atoms with Crippen LogP contribution in [-0.2, 0) is 6.42 Å². The predicted octanol–water partition coefficient (Wildman–Crippen LogP) is 1.45. The topological polar surface area (TPSA) is 53.7 Å². The zero-order chi connectivity index (χ0) is 11.7. The van der Waals surface area contributed by atoms with Gasteiger partial charge in [-0.1, -0.05) is 0 Å². The molecule has 0 aromatic heterocycles. The van der Waals surface area contributed by atoms with E-state index in [0.29, 0.717) is 17.7 Å². The molecule has 0 fully saturated rings. The number of nitrogens with two attached hydrogens (primary N) is 1. The van der Waals surface area contributed by atoms with E-state index in [1.54, 1.807) is 6.07 Å². The molecule has 5 heteroatoms. The quantitative estimate of drug-likeness (QED) is 0.849. The second kappa shape index (κ2) is 4.17. The molecule has 0 amide bonds. The summed E-state index contributed by atoms with van der Waals surface area (Å²) in [5.74, 6) is 0.189. The summed E-state index contributed by atoms with van der Waals surface area (Å²) in [4.78, 5) is 0. The van der Waals surface area contributed by atoms with E-state index < -0.39 is 5.82 Å². The van der Waals surface area contributed by atoms with Crippen LogP contribution in [0, 0.1) is 5.82 Å². The van der Waals surface area contributed by atoms with Gasteiger partial charge in [0, 0.05) is 11.6 Å². The molecule has 1 unspecified atom stereocenters. The Bertz CT molecular complexity index is 407. The summed E-state index contributed by atoms with van der Waals surface area (Å²) in [6, 6.07) is 1.64. The number of fused-ring (bicyclic) bond motifs is 1. The first-order valence-electron chi connectivity index (χ1n) is 5.04. The van der Waals surface area contributed by atoms with Gasteiger partial charge in [0.05, 0.1) is 7.11 Å². The highest BCUT2D eigenvalue weighted by Crippen LogP contribution is 2.42. The van der Waals surface area contributed by atoms with Crippen LogP contribution in [0.4, 0.5) is 4.39 Å². The maximum absolute atomic E-state index is 13.9. The first kappa shape index (κ1) is 11.0. The fourth-order valence-electron chi connectivity index (χ4n) is 1.75. The van der Waals surface area contributed by atoms with Crippen molar-refractivity contribution < 1.29 is 18.6 Å². The van der Waals surface area contributed by atoms with Crippen LogP contribution in [0.25, 0.3) is 0 Å². The van der Waals surface area contributed by atoms with Gasteiger partial charge in [-0.25, -0.2) is 0 Å². The van der Waals surface area contributed by atoms with Crippen LogP contribution in [-0.4, -0.2) is 19.9 Å². The second-order valence-electron chi connectivity index (χ2n) is 3.80. The van der Waals surface area contributed by atoms with Gasteiger partial charge in [-0.15, -0.1) is 0 Å². The Balaban J connectivity index is 2.48. The Morgan fingerprint density at radius 3 is 2.94 bits per heavy atom. The molecule has 2 N–H and O–H groups in total. The van der Waals surface area contributed by atoms with Crippen LogP contribution in [0.2, 0.25) is 0 Å². The van der Waals surface area contributed by atoms with Gasteiger partial charge in [0.15, 0.2) is 11.5 Å². The van der Waals surface area contributed by atoms with E-state index in [-0.39, 0.29) is 24.3 Å². The minimum atomic E-state index is -0.520. The van der Waals surface area contributed by atoms with Crippen molar-refractivity contribution in [2.75, 3.05) is 13.9 Å². The molecule has 1 aromatic carbocycles. The number of halogens is 1. The highest BCUT2D eigenvalue weighted by atomic mass is 19.1. The zero-order valence-electron chi connectivity index (χ0n) is 9.25. The first-order chi connectivity index (χ1) is 7.63. The van der Waals surface area contributed by atoms with Gasteiger partial charge in [0.1, 0.15) is 0 Å². The third-order valence-electron chi connectivity index (χ3n) is 2.38. The highest BCUT2D eigenvalue weighted by molar-refractivity contribution is 5.53. The maximum atomic E-state index is 13.9. The van der Waals surface area contributed by atoms with E-state index in [4.69, 9.17) is 19.9 Å². The monoisotopic (exact) mass is 227 g/mol. The van der Waals surface area contributed by atoms with E-state index in [0.717, 1.165) is 0 Å². The fourth-order valence-corrected chi connectivity index (χ4v) is 1.75. The lowest BCUT2D eigenvalue weighted by Crippen LogP contribution is -2.18. The standard InChI is InChI=1S/C11H14FNO3/c1-6(13)3-7-4-8-11(16-5-15-8)9(12)10(7)14-2/h4,6H,3,5,13H2,1-2H3. The third kappa shape index (κ3) is 1.78. The molecule has 0 saturated heterocycles. The number of hydrogen-bond acceptors (Lipinski definition) is 4. The van der Waals surface area contributed by atoms with E-state index in [1.165, 1.54) is 7.11 Å². The molecule has 0 radical (unpaired) electrons. The summed E-state index contributed by atoms with van der Waals surface area (Å²) >= 11 is 0. The lowest BCUT2D eigenvalue weighted by Gasteiger charge is -2.12. The Hall–Kier alpha value is -1.49. The van der Waals surface area contributed by atoms with Crippen molar-refractivity contribution in [3.05, 3.63) is 17.4 Å². The van der Waals surface area contributed by atoms with Crippen LogP contribution < -0.4 is 19.9 Å². The molecular formula is C11H14FNO3. The molecular weight excluding hydrogens is 213 g/mol. The average molecular weight is 227 g/mol. The molecule has 0 aliphatic carbocycles. The number of hydrogen-bond donors (Lipinski definition) is 1. The molecule has 0 bridgehead atoms. The van der Waals surface area contributed by atoms with Crippen molar-refractivity contribution >= 4 is 0 Å². The molecule has 16 heavy (non-hydrogen) atoms. The van der Waals surface area contributed by atoms with Gasteiger partial charge < -0.3 is 19.9 Å². The number of ether oxygens (including phenoxy) is 3. The van der Waals surface area contributed by atoms with Crippen molar-refractivity contribution in [3.8, 4) is 17.2 Å². The SMILES string of the molecule is COc1c(CC(C)N)cc2c(c1F)OCO2. The molecule has 88 valence electrons. The average Bonchev–Trinajstić information content (AvgIpc) is 2.65. The molecule has 0 spiro atoms. The van der Waals surface area contributed by atoms with Crippen molar-refractivity contribution in [3.63, 3.8) is 0 Å². The van der Waals surface area contributed by atoms with E-state index in [9.17, 15) is 4.39 Å². The summed E-state index contributed by atoms with van der Waals surface area (Å²) in [6.07, 6.45) is 0.525. The normalized spacial score (nSPS) is 15.0. The van der Waals surface area contributed by atoms with Gasteiger partial charge >= 0.3 is 0 Å². The van der Waals surface area contributed by atoms with Crippen molar-refractivity contribution in [2.45, 2.75) is 19.4 Å². The smallest absolute Gasteiger partial charge is 0.231 e. The van der Waals surface area contributed by atoms with Gasteiger partial charge in [0.25, 0.3) is 0 Å². The van der Waals surface area contributed by atoms with Crippen molar-refractivity contribution in [2.24, 2.45) is 5.73 Å². The number of benzene rings is 1. The summed E-state index contributed by atoms with van der Waals surface area (Å²) < 4.78 is 29.1. The molecule has 2 rings (SSSR count). The molecule has 0 saturated carbocycles. The largest absolute Gasteiger partial charge is 0.493 e. The first-order valence-corrected chi connectivity index (χ1v) is 5.04. The fraction of sp³-hybridized carbons (Fsp3) is 0.455. The predicted molar refractivity (Wildman–Crippen MR) is 56.4 cm³/mol. The van der Waals surface area contributed by atoms with Crippen LogP contribution in [0.5, 0.6) is 17.2 Å². The van der Waals surface area contributed by atoms with E-state index in [1.807, 2.05) is 6.92 Å². The van der Waals surface area contributed by atoms with Gasteiger partial charge in [-0.3, -0.25) is 0 Å². The van der Waals surface area contributed by atoms with Gasteiger partial charge in [0.2, 0.25) is 18.4 Å². The summed E-state index contributed by atoms with van der Waals surface area (Å²) in [5.41, 5.74) is 6.39. The lowest BCUT2D eigenvalue weighted by atomic mass is 10.1. The van der Waals surface area contributed by atoms with Crippen molar-refractivity contribution in [1.29, 1.82) is 0 Å². The Morgan fingerprint density at radius 2 is 2.31 bits per heavy atom. The highest BCUT2D eigenvalue weighted by Gasteiger charge is 2.25. The van der Waals surface area contributed by atoms with Gasteiger partial charge in [-0.05, 0) is 19.4 Å². The minimum Gasteiger partial charge on any atom is -0.493 e. The molecule has 1 aliphatic heterocycles. The summed E-state index contributed by atoms with van der Waals surface area (Å²) in [6.45, 7) is 1.89. The Morgan fingerprint density at radius 1 is 1.56 bits per heavy atom. The van der Waals surface area contributed by atoms with E-state index >= 15 is 0 Å². The molecule has 1 aliphatic rings. The molecule has 4 nitrogen and oxygen atoms in total. The maximum Gasteiger partial charge on any atom is 0.231 e. The van der Waals surface area contributed by atoms with Crippen LogP contribution in [0.1, 0.15) is 12.5 Å². The second-order valence-corrected chi connectivity index (χ2v) is 3.80. The Kier molecular flexibility index (Phi) is 2.87. The van der Waals surface area contributed by atoms with E-state index in [2.05, 4.69) is 0 Å². The van der Waals surface area contributed by atoms with Crippen LogP contribution >= 0.6 is 0 Å². The van der Waals surface area contributed by atoms with Crippen LogP contribution in [0.3, 0.4) is 0 Å². The minimum absolute atomic E-state index is 0.0387.